The van der Waals surface area contributed by atoms with Gasteiger partial charge >= 0.3 is 5.97 Å². The molecule has 0 fully saturated rings. The maximum Gasteiger partial charge on any atom is 0.305 e. The van der Waals surface area contributed by atoms with Gasteiger partial charge in [-0.2, -0.15) is 0 Å². The molecule has 0 aliphatic heterocycles. The lowest BCUT2D eigenvalue weighted by atomic mass is 10.2. The van der Waals surface area contributed by atoms with Crippen LogP contribution in [0.3, 0.4) is 0 Å². The summed E-state index contributed by atoms with van der Waals surface area (Å²) >= 11 is 0. The first-order valence-corrected chi connectivity index (χ1v) is 6.61. The van der Waals surface area contributed by atoms with Gasteiger partial charge in [0, 0.05) is 20.1 Å². The molecule has 0 saturated heterocycles. The maximum absolute atomic E-state index is 11.0. The van der Waals surface area contributed by atoms with Gasteiger partial charge in [0.2, 0.25) is 0 Å². The molecule has 0 saturated carbocycles. The third kappa shape index (κ3) is 13.4. The number of carbonyl (C=O) groups excluding carboxylic acids is 1. The minimum absolute atomic E-state index is 0.107. The van der Waals surface area contributed by atoms with Crippen LogP contribution in [0.15, 0.2) is 0 Å². The second-order valence-electron chi connectivity index (χ2n) is 3.83. The highest BCUT2D eigenvalue weighted by Gasteiger charge is 2.00. The van der Waals surface area contributed by atoms with Crippen LogP contribution in [0, 0.1) is 0 Å². The van der Waals surface area contributed by atoms with E-state index in [1.54, 1.807) is 7.11 Å². The van der Waals surface area contributed by atoms with E-state index in [1.807, 2.05) is 6.92 Å². The Morgan fingerprint density at radius 1 is 0.889 bits per heavy atom. The van der Waals surface area contributed by atoms with Crippen LogP contribution in [0.4, 0.5) is 0 Å². The summed E-state index contributed by atoms with van der Waals surface area (Å²) in [5.41, 5.74) is 0. The van der Waals surface area contributed by atoms with Crippen molar-refractivity contribution in [1.29, 1.82) is 0 Å². The van der Waals surface area contributed by atoms with Crippen LogP contribution in [-0.2, 0) is 23.7 Å². The summed E-state index contributed by atoms with van der Waals surface area (Å²) in [5.74, 6) is -0.107. The molecule has 18 heavy (non-hydrogen) atoms. The Hall–Kier alpha value is -0.650. The predicted molar refractivity (Wildman–Crippen MR) is 68.6 cm³/mol. The molecule has 0 aromatic carbocycles. The quantitative estimate of drug-likeness (QED) is 0.374. The number of hydrogen-bond donors (Lipinski definition) is 0. The van der Waals surface area contributed by atoms with Crippen LogP contribution in [0.5, 0.6) is 0 Å². The summed E-state index contributed by atoms with van der Waals surface area (Å²) in [6.07, 6.45) is 3.33. The van der Waals surface area contributed by atoms with Crippen LogP contribution in [0.25, 0.3) is 0 Å². The van der Waals surface area contributed by atoms with E-state index < -0.39 is 0 Å². The largest absolute Gasteiger partial charge is 0.466 e. The molecule has 0 N–H and O–H groups in total. The maximum atomic E-state index is 11.0. The van der Waals surface area contributed by atoms with Gasteiger partial charge in [0.1, 0.15) is 0 Å². The summed E-state index contributed by atoms with van der Waals surface area (Å²) in [6.45, 7) is 5.45. The molecule has 0 radical (unpaired) electrons. The van der Waals surface area contributed by atoms with Crippen molar-refractivity contribution >= 4 is 5.97 Å². The van der Waals surface area contributed by atoms with Gasteiger partial charge in [0.15, 0.2) is 0 Å². The van der Waals surface area contributed by atoms with Crippen molar-refractivity contribution in [1.82, 2.24) is 0 Å². The molecular weight excluding hydrogens is 236 g/mol. The highest BCUT2D eigenvalue weighted by atomic mass is 16.5. The van der Waals surface area contributed by atoms with Crippen molar-refractivity contribution in [3.8, 4) is 0 Å². The average molecular weight is 262 g/mol. The molecule has 0 atom stereocenters. The Labute approximate surface area is 110 Å². The van der Waals surface area contributed by atoms with E-state index in [9.17, 15) is 4.79 Å². The first kappa shape index (κ1) is 17.4. The second-order valence-corrected chi connectivity index (χ2v) is 3.83. The van der Waals surface area contributed by atoms with Gasteiger partial charge in [0.25, 0.3) is 0 Å². The van der Waals surface area contributed by atoms with E-state index in [4.69, 9.17) is 18.9 Å². The first-order valence-electron chi connectivity index (χ1n) is 6.61. The van der Waals surface area contributed by atoms with Gasteiger partial charge in [-0.3, -0.25) is 4.79 Å². The molecule has 0 aromatic heterocycles. The lowest BCUT2D eigenvalue weighted by molar-refractivity contribution is -0.143. The Balaban J connectivity index is 3.01. The van der Waals surface area contributed by atoms with Crippen molar-refractivity contribution in [2.45, 2.75) is 32.6 Å². The normalized spacial score (nSPS) is 10.6. The highest BCUT2D eigenvalue weighted by Crippen LogP contribution is 2.01. The average Bonchev–Trinajstić information content (AvgIpc) is 2.36. The molecule has 0 unspecified atom stereocenters. The van der Waals surface area contributed by atoms with Gasteiger partial charge in [0.05, 0.1) is 33.0 Å². The van der Waals surface area contributed by atoms with E-state index in [1.165, 1.54) is 0 Å². The molecule has 0 aliphatic rings. The van der Waals surface area contributed by atoms with Gasteiger partial charge in [-0.15, -0.1) is 0 Å². The third-order valence-corrected chi connectivity index (χ3v) is 2.28. The van der Waals surface area contributed by atoms with Crippen LogP contribution >= 0.6 is 0 Å². The molecule has 0 aromatic rings. The summed E-state index contributed by atoms with van der Waals surface area (Å²) in [5, 5.41) is 0. The number of carbonyl (C=O) groups is 1. The minimum atomic E-state index is -0.107. The summed E-state index contributed by atoms with van der Waals surface area (Å²) < 4.78 is 20.3. The van der Waals surface area contributed by atoms with E-state index in [0.29, 0.717) is 39.5 Å². The molecule has 5 nitrogen and oxygen atoms in total. The number of hydrogen-bond acceptors (Lipinski definition) is 5. The summed E-state index contributed by atoms with van der Waals surface area (Å²) in [4.78, 5) is 11.0. The number of ether oxygens (including phenoxy) is 4. The zero-order valence-corrected chi connectivity index (χ0v) is 11.6. The second kappa shape index (κ2) is 14.4. The predicted octanol–water partition coefficient (Wildman–Crippen LogP) is 1.79. The number of unbranched alkanes of at least 4 members (excludes halogenated alkanes) is 2. The summed E-state index contributed by atoms with van der Waals surface area (Å²) in [7, 11) is 1.65. The molecule has 0 amide bonds. The van der Waals surface area contributed by atoms with E-state index in [2.05, 4.69) is 0 Å². The van der Waals surface area contributed by atoms with Gasteiger partial charge in [-0.25, -0.2) is 0 Å². The Morgan fingerprint density at radius 2 is 1.56 bits per heavy atom. The van der Waals surface area contributed by atoms with Crippen molar-refractivity contribution in [2.24, 2.45) is 0 Å². The molecule has 0 aliphatic carbocycles. The van der Waals surface area contributed by atoms with Crippen molar-refractivity contribution in [3.05, 3.63) is 0 Å². The fraction of sp³-hybridized carbons (Fsp3) is 0.923. The topological polar surface area (TPSA) is 54.0 Å². The van der Waals surface area contributed by atoms with Gasteiger partial charge < -0.3 is 18.9 Å². The van der Waals surface area contributed by atoms with Crippen LogP contribution in [0.1, 0.15) is 32.6 Å². The van der Waals surface area contributed by atoms with E-state index in [0.717, 1.165) is 25.9 Å². The molecule has 0 bridgehead atoms. The molecule has 108 valence electrons. The highest BCUT2D eigenvalue weighted by molar-refractivity contribution is 5.69. The lowest BCUT2D eigenvalue weighted by Gasteiger charge is -2.05. The molecule has 0 rings (SSSR count). The monoisotopic (exact) mass is 262 g/mol. The zero-order chi connectivity index (χ0) is 13.5. The van der Waals surface area contributed by atoms with E-state index in [-0.39, 0.29) is 5.97 Å². The van der Waals surface area contributed by atoms with Gasteiger partial charge in [-0.05, 0) is 19.8 Å². The zero-order valence-electron chi connectivity index (χ0n) is 11.6. The van der Waals surface area contributed by atoms with Crippen molar-refractivity contribution in [3.63, 3.8) is 0 Å². The molecule has 0 heterocycles. The van der Waals surface area contributed by atoms with Crippen molar-refractivity contribution < 1.29 is 23.7 Å². The number of methoxy groups -OCH3 is 1. The smallest absolute Gasteiger partial charge is 0.305 e. The minimum Gasteiger partial charge on any atom is -0.466 e. The standard InChI is InChI=1S/C13H26O5/c1-3-18-13(14)7-5-4-6-8-16-11-12-17-10-9-15-2/h3-12H2,1-2H3. The molecule has 5 heteroatoms. The SMILES string of the molecule is CCOC(=O)CCCCCOCCOCCOC. The third-order valence-electron chi connectivity index (χ3n) is 2.28. The first-order chi connectivity index (χ1) is 8.81. The lowest BCUT2D eigenvalue weighted by Crippen LogP contribution is -2.09. The molecule has 0 spiro atoms. The van der Waals surface area contributed by atoms with Crippen LogP contribution in [-0.4, -0.2) is 52.7 Å². The Bertz CT molecular complexity index is 184. The Kier molecular flexibility index (Phi) is 13.9. The Morgan fingerprint density at radius 3 is 2.22 bits per heavy atom. The fourth-order valence-electron chi connectivity index (χ4n) is 1.35. The number of rotatable bonds is 13. The van der Waals surface area contributed by atoms with Gasteiger partial charge in [-0.1, -0.05) is 6.42 Å². The summed E-state index contributed by atoms with van der Waals surface area (Å²) in [6, 6.07) is 0. The number of esters is 1. The molecular formula is C13H26O5. The van der Waals surface area contributed by atoms with Crippen molar-refractivity contribution in [2.75, 3.05) is 46.8 Å². The van der Waals surface area contributed by atoms with E-state index >= 15 is 0 Å². The van der Waals surface area contributed by atoms with Crippen LogP contribution < -0.4 is 0 Å². The fourth-order valence-corrected chi connectivity index (χ4v) is 1.35. The van der Waals surface area contributed by atoms with Crippen LogP contribution in [0.2, 0.25) is 0 Å².